The van der Waals surface area contributed by atoms with Crippen molar-refractivity contribution < 1.29 is 34.8 Å². The summed E-state index contributed by atoms with van der Waals surface area (Å²) >= 11 is 0. The molecule has 168 valence electrons. The number of aliphatic hydroxyl groups excluding tert-OH is 4. The minimum Gasteiger partial charge on any atom is -0.391 e. The summed E-state index contributed by atoms with van der Waals surface area (Å²) in [5.74, 6) is -1.22. The van der Waals surface area contributed by atoms with Gasteiger partial charge in [-0.05, 0) is 25.7 Å². The van der Waals surface area contributed by atoms with Gasteiger partial charge in [0.25, 0.3) is 5.91 Å². The quantitative estimate of drug-likeness (QED) is 0.183. The Hall–Kier alpha value is -1.52. The van der Waals surface area contributed by atoms with E-state index in [2.05, 4.69) is 17.6 Å². The zero-order chi connectivity index (χ0) is 21.8. The first-order valence-electron chi connectivity index (χ1n) is 10.3. The predicted octanol–water partition coefficient (Wildman–Crippen LogP) is -0.634. The molecule has 1 saturated heterocycles. The van der Waals surface area contributed by atoms with Crippen LogP contribution in [-0.2, 0) is 14.3 Å². The molecule has 0 saturated carbocycles. The van der Waals surface area contributed by atoms with Crippen molar-refractivity contribution in [3.8, 4) is 0 Å². The van der Waals surface area contributed by atoms with E-state index in [-0.39, 0.29) is 13.0 Å². The van der Waals surface area contributed by atoms with Gasteiger partial charge in [0.1, 0.15) is 24.4 Å². The van der Waals surface area contributed by atoms with Crippen LogP contribution in [0.1, 0.15) is 51.9 Å². The van der Waals surface area contributed by atoms with Crippen LogP contribution < -0.4 is 10.6 Å². The normalized spacial score (nSPS) is 24.4. The van der Waals surface area contributed by atoms with Gasteiger partial charge in [-0.2, -0.15) is 0 Å². The fraction of sp³-hybridized carbons (Fsp3) is 0.800. The second-order valence-electron chi connectivity index (χ2n) is 7.44. The Morgan fingerprint density at radius 3 is 2.62 bits per heavy atom. The van der Waals surface area contributed by atoms with Gasteiger partial charge >= 0.3 is 0 Å². The average molecular weight is 417 g/mol. The van der Waals surface area contributed by atoms with E-state index in [0.717, 1.165) is 32.1 Å². The van der Waals surface area contributed by atoms with Gasteiger partial charge in [-0.15, -0.1) is 0 Å². The first-order valence-corrected chi connectivity index (χ1v) is 10.3. The van der Waals surface area contributed by atoms with E-state index < -0.39 is 48.4 Å². The zero-order valence-electron chi connectivity index (χ0n) is 17.3. The van der Waals surface area contributed by atoms with Crippen molar-refractivity contribution in [1.29, 1.82) is 0 Å². The maximum absolute atomic E-state index is 12.5. The minimum atomic E-state index is -1.70. The van der Waals surface area contributed by atoms with Crippen LogP contribution in [0.25, 0.3) is 0 Å². The van der Waals surface area contributed by atoms with Crippen LogP contribution in [0.4, 0.5) is 0 Å². The molecule has 1 rings (SSSR count). The third-order valence-electron chi connectivity index (χ3n) is 5.01. The van der Waals surface area contributed by atoms with E-state index in [9.17, 15) is 30.0 Å². The van der Waals surface area contributed by atoms with Crippen molar-refractivity contribution in [2.75, 3.05) is 13.7 Å². The highest BCUT2D eigenvalue weighted by Crippen LogP contribution is 2.12. The predicted molar refractivity (Wildman–Crippen MR) is 107 cm³/mol. The fourth-order valence-electron chi connectivity index (χ4n) is 3.15. The van der Waals surface area contributed by atoms with Crippen LogP contribution >= 0.6 is 0 Å². The molecule has 0 spiro atoms. The van der Waals surface area contributed by atoms with Crippen molar-refractivity contribution in [3.05, 3.63) is 12.2 Å². The summed E-state index contributed by atoms with van der Waals surface area (Å²) in [6, 6.07) is -0.880. The van der Waals surface area contributed by atoms with Gasteiger partial charge < -0.3 is 35.8 Å². The number of aliphatic hydroxyl groups is 4. The maximum Gasteiger partial charge on any atom is 0.252 e. The Morgan fingerprint density at radius 2 is 1.97 bits per heavy atom. The number of carbonyl (C=O) groups excluding carboxylic acids is 2. The first kappa shape index (κ1) is 25.5. The van der Waals surface area contributed by atoms with E-state index in [0.29, 0.717) is 6.42 Å². The van der Waals surface area contributed by atoms with Crippen LogP contribution in [0, 0.1) is 0 Å². The van der Waals surface area contributed by atoms with Crippen molar-refractivity contribution >= 4 is 11.8 Å². The summed E-state index contributed by atoms with van der Waals surface area (Å²) in [5.41, 5.74) is 0. The molecule has 29 heavy (non-hydrogen) atoms. The molecule has 0 aliphatic carbocycles. The standard InChI is InChI=1S/C20H36N2O7/c1-3-4-5-6-7-8-9-15(24)16(25)17(26)18(29-2)20(28)22-14-11-10-13(23)12-21-19(14)27/h8-9,13-18,23-26H,3-7,10-12H2,1-2H3,(H,21,27)(H,22,28)/b9-8+/t13-,14+,15-,16+,17-,18-/m1/s1. The molecule has 9 nitrogen and oxygen atoms in total. The van der Waals surface area contributed by atoms with Gasteiger partial charge in [-0.3, -0.25) is 9.59 Å². The summed E-state index contributed by atoms with van der Waals surface area (Å²) in [5, 5.41) is 45.2. The number of allylic oxidation sites excluding steroid dienone is 1. The molecule has 0 bridgehead atoms. The van der Waals surface area contributed by atoms with E-state index in [1.807, 2.05) is 0 Å². The Bertz CT molecular complexity index is 529. The van der Waals surface area contributed by atoms with E-state index in [1.165, 1.54) is 13.2 Å². The molecule has 2 amide bonds. The number of β-amino-alcohol motifs (C(OH)–C–C–N with tert-alkyl or cyclic N) is 1. The number of nitrogens with one attached hydrogen (secondary N) is 2. The van der Waals surface area contributed by atoms with Crippen LogP contribution in [0.15, 0.2) is 12.2 Å². The number of carbonyl (C=O) groups is 2. The van der Waals surface area contributed by atoms with E-state index in [1.54, 1.807) is 6.08 Å². The molecule has 1 heterocycles. The van der Waals surface area contributed by atoms with Crippen LogP contribution in [-0.4, -0.2) is 82.5 Å². The Labute approximate surface area is 172 Å². The van der Waals surface area contributed by atoms with E-state index >= 15 is 0 Å². The van der Waals surface area contributed by atoms with Gasteiger partial charge in [0, 0.05) is 13.7 Å². The highest BCUT2D eigenvalue weighted by Gasteiger charge is 2.37. The Balaban J connectivity index is 2.59. The molecule has 6 atom stereocenters. The lowest BCUT2D eigenvalue weighted by molar-refractivity contribution is -0.150. The molecule has 1 aliphatic rings. The minimum absolute atomic E-state index is 0.108. The Morgan fingerprint density at radius 1 is 1.24 bits per heavy atom. The summed E-state index contributed by atoms with van der Waals surface area (Å²) in [4.78, 5) is 24.5. The number of hydrogen-bond acceptors (Lipinski definition) is 7. The molecule has 9 heteroatoms. The lowest BCUT2D eigenvalue weighted by Crippen LogP contribution is -2.55. The van der Waals surface area contributed by atoms with Gasteiger partial charge in [0.15, 0.2) is 6.10 Å². The monoisotopic (exact) mass is 416 g/mol. The summed E-state index contributed by atoms with van der Waals surface area (Å²) in [6.07, 6.45) is 1.90. The zero-order valence-corrected chi connectivity index (χ0v) is 17.3. The van der Waals surface area contributed by atoms with Crippen LogP contribution in [0.2, 0.25) is 0 Å². The topological polar surface area (TPSA) is 148 Å². The largest absolute Gasteiger partial charge is 0.391 e. The molecule has 0 unspecified atom stereocenters. The van der Waals surface area contributed by atoms with Gasteiger partial charge in [0.05, 0.1) is 6.10 Å². The number of rotatable bonds is 12. The van der Waals surface area contributed by atoms with Crippen LogP contribution in [0.5, 0.6) is 0 Å². The highest BCUT2D eigenvalue weighted by molar-refractivity contribution is 5.89. The number of methoxy groups -OCH3 is 1. The lowest BCUT2D eigenvalue weighted by atomic mass is 10.0. The van der Waals surface area contributed by atoms with Crippen molar-refractivity contribution in [1.82, 2.24) is 10.6 Å². The smallest absolute Gasteiger partial charge is 0.252 e. The molecule has 1 fully saturated rings. The Kier molecular flexibility index (Phi) is 12.0. The van der Waals surface area contributed by atoms with Crippen molar-refractivity contribution in [2.24, 2.45) is 0 Å². The number of ether oxygens (including phenoxy) is 1. The van der Waals surface area contributed by atoms with Gasteiger partial charge in [-0.25, -0.2) is 0 Å². The average Bonchev–Trinajstić information content (AvgIpc) is 2.86. The maximum atomic E-state index is 12.5. The number of hydrogen-bond donors (Lipinski definition) is 6. The second-order valence-corrected chi connectivity index (χ2v) is 7.44. The van der Waals surface area contributed by atoms with Crippen molar-refractivity contribution in [2.45, 2.75) is 88.4 Å². The lowest BCUT2D eigenvalue weighted by Gasteiger charge is -2.28. The third-order valence-corrected chi connectivity index (χ3v) is 5.01. The first-order chi connectivity index (χ1) is 13.8. The molecule has 0 aromatic carbocycles. The molecule has 0 aromatic heterocycles. The van der Waals surface area contributed by atoms with Crippen molar-refractivity contribution in [3.63, 3.8) is 0 Å². The molecule has 6 N–H and O–H groups in total. The van der Waals surface area contributed by atoms with Gasteiger partial charge in [-0.1, -0.05) is 38.3 Å². The van der Waals surface area contributed by atoms with Gasteiger partial charge in [0.2, 0.25) is 5.91 Å². The molecule has 0 aromatic rings. The number of amides is 2. The summed E-state index contributed by atoms with van der Waals surface area (Å²) < 4.78 is 5.01. The number of unbranched alkanes of at least 4 members (excludes halogenated alkanes) is 4. The van der Waals surface area contributed by atoms with Crippen LogP contribution in [0.3, 0.4) is 0 Å². The van der Waals surface area contributed by atoms with E-state index in [4.69, 9.17) is 4.74 Å². The summed E-state index contributed by atoms with van der Waals surface area (Å²) in [6.45, 7) is 2.22. The molecular weight excluding hydrogens is 380 g/mol. The molecule has 1 aliphatic heterocycles. The SMILES string of the molecule is CCCCCC/C=C/[C@@H](O)[C@H](O)[C@@H](O)[C@@H](OC)C(=O)N[C@H]1CC[C@@H](O)CNC1=O. The molecular formula is C20H36N2O7. The summed E-state index contributed by atoms with van der Waals surface area (Å²) in [7, 11) is 1.19. The molecule has 0 radical (unpaired) electrons. The third kappa shape index (κ3) is 8.79. The highest BCUT2D eigenvalue weighted by atomic mass is 16.5. The fourth-order valence-corrected chi connectivity index (χ4v) is 3.15. The second kappa shape index (κ2) is 13.7.